The third kappa shape index (κ3) is 2.89. The minimum atomic E-state index is -0.402. The number of piperazine rings is 1. The molecule has 1 amide bonds. The third-order valence-corrected chi connectivity index (χ3v) is 3.70. The van der Waals surface area contributed by atoms with E-state index < -0.39 is 6.61 Å². The number of aliphatic hydroxyl groups excluding tert-OH is 1. The summed E-state index contributed by atoms with van der Waals surface area (Å²) < 4.78 is 0. The van der Waals surface area contributed by atoms with Crippen molar-refractivity contribution in [1.29, 1.82) is 0 Å². The van der Waals surface area contributed by atoms with Crippen molar-refractivity contribution in [3.63, 3.8) is 0 Å². The summed E-state index contributed by atoms with van der Waals surface area (Å²) in [5, 5.41) is 8.97. The highest BCUT2D eigenvalue weighted by Crippen LogP contribution is 2.28. The SMILES string of the molecule is Cc1cccc(N2CCN(C(=O)CO)CC2(C)C)c1. The maximum Gasteiger partial charge on any atom is 0.248 e. The van der Waals surface area contributed by atoms with E-state index in [0.29, 0.717) is 13.1 Å². The van der Waals surface area contributed by atoms with Gasteiger partial charge in [0, 0.05) is 25.3 Å². The summed E-state index contributed by atoms with van der Waals surface area (Å²) >= 11 is 0. The first-order valence-corrected chi connectivity index (χ1v) is 6.67. The van der Waals surface area contributed by atoms with E-state index in [0.717, 1.165) is 6.54 Å². The van der Waals surface area contributed by atoms with Crippen LogP contribution in [0.3, 0.4) is 0 Å². The van der Waals surface area contributed by atoms with Gasteiger partial charge in [0.25, 0.3) is 0 Å². The Balaban J connectivity index is 2.19. The summed E-state index contributed by atoms with van der Waals surface area (Å²) in [5.41, 5.74) is 2.31. The number of rotatable bonds is 2. The van der Waals surface area contributed by atoms with Crippen LogP contribution in [0.25, 0.3) is 0 Å². The highest BCUT2D eigenvalue weighted by atomic mass is 16.3. The second-order valence-electron chi connectivity index (χ2n) is 5.78. The van der Waals surface area contributed by atoms with E-state index in [2.05, 4.69) is 49.9 Å². The van der Waals surface area contributed by atoms with Gasteiger partial charge in [0.05, 0.1) is 5.54 Å². The number of anilines is 1. The zero-order chi connectivity index (χ0) is 14.0. The predicted octanol–water partition coefficient (Wildman–Crippen LogP) is 1.41. The van der Waals surface area contributed by atoms with E-state index in [4.69, 9.17) is 5.11 Å². The van der Waals surface area contributed by atoms with Crippen molar-refractivity contribution < 1.29 is 9.90 Å². The van der Waals surface area contributed by atoms with Crippen molar-refractivity contribution in [2.75, 3.05) is 31.1 Å². The fraction of sp³-hybridized carbons (Fsp3) is 0.533. The Morgan fingerprint density at radius 2 is 2.11 bits per heavy atom. The first kappa shape index (κ1) is 13.9. The van der Waals surface area contributed by atoms with Crippen molar-refractivity contribution in [1.82, 2.24) is 4.90 Å². The number of aryl methyl sites for hydroxylation is 1. The van der Waals surface area contributed by atoms with Gasteiger partial charge in [0.2, 0.25) is 5.91 Å². The van der Waals surface area contributed by atoms with Crippen LogP contribution in [0.4, 0.5) is 5.69 Å². The lowest BCUT2D eigenvalue weighted by atomic mass is 9.97. The summed E-state index contributed by atoms with van der Waals surface area (Å²) in [6, 6.07) is 8.43. The number of amides is 1. The van der Waals surface area contributed by atoms with Crippen LogP contribution in [-0.2, 0) is 4.79 Å². The lowest BCUT2D eigenvalue weighted by Gasteiger charge is -2.48. The molecule has 4 nitrogen and oxygen atoms in total. The Morgan fingerprint density at radius 1 is 1.37 bits per heavy atom. The molecule has 1 aliphatic heterocycles. The molecule has 1 heterocycles. The molecule has 1 saturated heterocycles. The molecule has 104 valence electrons. The highest BCUT2D eigenvalue weighted by molar-refractivity contribution is 5.77. The molecule has 1 aromatic rings. The largest absolute Gasteiger partial charge is 0.387 e. The monoisotopic (exact) mass is 262 g/mol. The predicted molar refractivity (Wildman–Crippen MR) is 76.3 cm³/mol. The van der Waals surface area contributed by atoms with Gasteiger partial charge in [-0.2, -0.15) is 0 Å². The topological polar surface area (TPSA) is 43.8 Å². The van der Waals surface area contributed by atoms with Gasteiger partial charge in [-0.25, -0.2) is 0 Å². The number of hydrogen-bond donors (Lipinski definition) is 1. The van der Waals surface area contributed by atoms with E-state index in [9.17, 15) is 4.79 Å². The fourth-order valence-corrected chi connectivity index (χ4v) is 2.74. The summed E-state index contributed by atoms with van der Waals surface area (Å²) in [5.74, 6) is -0.183. The van der Waals surface area contributed by atoms with Crippen LogP contribution in [-0.4, -0.2) is 47.7 Å². The minimum absolute atomic E-state index is 0.128. The number of carbonyl (C=O) groups is 1. The zero-order valence-corrected chi connectivity index (χ0v) is 11.9. The molecule has 0 saturated carbocycles. The Kier molecular flexibility index (Phi) is 3.80. The van der Waals surface area contributed by atoms with Gasteiger partial charge in [-0.05, 0) is 38.5 Å². The standard InChI is InChI=1S/C15H22N2O2/c1-12-5-4-6-13(9-12)17-8-7-16(14(19)10-18)11-15(17,2)3/h4-6,9,18H,7-8,10-11H2,1-3H3. The van der Waals surface area contributed by atoms with E-state index >= 15 is 0 Å². The smallest absolute Gasteiger partial charge is 0.248 e. The number of carbonyl (C=O) groups excluding carboxylic acids is 1. The number of nitrogens with zero attached hydrogens (tertiary/aromatic N) is 2. The molecule has 0 atom stereocenters. The van der Waals surface area contributed by atoms with Gasteiger partial charge in [0.15, 0.2) is 0 Å². The second-order valence-corrected chi connectivity index (χ2v) is 5.78. The van der Waals surface area contributed by atoms with Gasteiger partial charge in [-0.3, -0.25) is 4.79 Å². The van der Waals surface area contributed by atoms with Gasteiger partial charge >= 0.3 is 0 Å². The van der Waals surface area contributed by atoms with Gasteiger partial charge in [0.1, 0.15) is 6.61 Å². The fourth-order valence-electron chi connectivity index (χ4n) is 2.74. The summed E-state index contributed by atoms with van der Waals surface area (Å²) in [7, 11) is 0. The van der Waals surface area contributed by atoms with E-state index in [1.807, 2.05) is 0 Å². The van der Waals surface area contributed by atoms with E-state index in [1.165, 1.54) is 11.3 Å². The maximum absolute atomic E-state index is 11.6. The molecule has 0 spiro atoms. The molecule has 19 heavy (non-hydrogen) atoms. The van der Waals surface area contributed by atoms with Crippen molar-refractivity contribution >= 4 is 11.6 Å². The molecule has 0 aliphatic carbocycles. The minimum Gasteiger partial charge on any atom is -0.387 e. The number of hydrogen-bond acceptors (Lipinski definition) is 3. The van der Waals surface area contributed by atoms with Crippen molar-refractivity contribution in [2.45, 2.75) is 26.3 Å². The Labute approximate surface area is 114 Å². The zero-order valence-electron chi connectivity index (χ0n) is 11.9. The van der Waals surface area contributed by atoms with Gasteiger partial charge in [-0.15, -0.1) is 0 Å². The number of aliphatic hydroxyl groups is 1. The summed E-state index contributed by atoms with van der Waals surface area (Å²) in [6.45, 7) is 8.04. The Bertz CT molecular complexity index is 471. The third-order valence-electron chi connectivity index (χ3n) is 3.70. The van der Waals surface area contributed by atoms with Crippen LogP contribution in [0.15, 0.2) is 24.3 Å². The molecule has 0 bridgehead atoms. The van der Waals surface area contributed by atoms with Crippen LogP contribution in [0.2, 0.25) is 0 Å². The highest BCUT2D eigenvalue weighted by Gasteiger charge is 2.35. The van der Waals surface area contributed by atoms with Crippen LogP contribution in [0, 0.1) is 6.92 Å². The molecular formula is C15H22N2O2. The van der Waals surface area contributed by atoms with E-state index in [-0.39, 0.29) is 11.4 Å². The summed E-state index contributed by atoms with van der Waals surface area (Å²) in [4.78, 5) is 15.7. The first-order valence-electron chi connectivity index (χ1n) is 6.67. The second kappa shape index (κ2) is 5.21. The molecule has 0 unspecified atom stereocenters. The lowest BCUT2D eigenvalue weighted by molar-refractivity contribution is -0.135. The molecule has 0 aromatic heterocycles. The van der Waals surface area contributed by atoms with Crippen LogP contribution >= 0.6 is 0 Å². The first-order chi connectivity index (χ1) is 8.94. The van der Waals surface area contributed by atoms with Crippen molar-refractivity contribution in [3.8, 4) is 0 Å². The Hall–Kier alpha value is -1.55. The molecule has 4 heteroatoms. The van der Waals surface area contributed by atoms with Crippen LogP contribution < -0.4 is 4.90 Å². The van der Waals surface area contributed by atoms with E-state index in [1.54, 1.807) is 4.90 Å². The van der Waals surface area contributed by atoms with Gasteiger partial charge < -0.3 is 14.9 Å². The van der Waals surface area contributed by atoms with Crippen LogP contribution in [0.5, 0.6) is 0 Å². The molecule has 1 fully saturated rings. The quantitative estimate of drug-likeness (QED) is 0.876. The average molecular weight is 262 g/mol. The molecule has 1 N–H and O–H groups in total. The normalized spacial score (nSPS) is 18.5. The Morgan fingerprint density at radius 3 is 2.68 bits per heavy atom. The van der Waals surface area contributed by atoms with Crippen molar-refractivity contribution in [3.05, 3.63) is 29.8 Å². The summed E-state index contributed by atoms with van der Waals surface area (Å²) in [6.07, 6.45) is 0. The molecule has 0 radical (unpaired) electrons. The molecule has 2 rings (SSSR count). The maximum atomic E-state index is 11.6. The molecule has 1 aromatic carbocycles. The molecule has 1 aliphatic rings. The van der Waals surface area contributed by atoms with Crippen LogP contribution in [0.1, 0.15) is 19.4 Å². The average Bonchev–Trinajstić information content (AvgIpc) is 2.36. The van der Waals surface area contributed by atoms with Crippen molar-refractivity contribution in [2.24, 2.45) is 0 Å². The number of benzene rings is 1. The molecular weight excluding hydrogens is 240 g/mol. The lowest BCUT2D eigenvalue weighted by Crippen LogP contribution is -2.61. The van der Waals surface area contributed by atoms with Gasteiger partial charge in [-0.1, -0.05) is 12.1 Å².